The maximum absolute atomic E-state index is 12.2. The number of anilines is 2. The van der Waals surface area contributed by atoms with E-state index < -0.39 is 0 Å². The van der Waals surface area contributed by atoms with Crippen molar-refractivity contribution >= 4 is 68.3 Å². The number of amides is 2. The standard InChI is InChI=1S/C20H18N6O2S3/c1-26-12-21-25-19(26)29-10-17(27)23-14-7-8-15-16(9-14)31-20(24-15)30-11-18(28)22-13-5-3-2-4-6-13/h2-9,12H,10-11H2,1H3,(H,22,28)(H,23,27). The SMILES string of the molecule is Cn1cnnc1SCC(=O)Nc1ccc2nc(SCC(=O)Nc3ccccc3)sc2c1. The van der Waals surface area contributed by atoms with E-state index >= 15 is 0 Å². The second-order valence-electron chi connectivity index (χ2n) is 6.43. The second-order valence-corrected chi connectivity index (χ2v) is 9.62. The predicted octanol–water partition coefficient (Wildman–Crippen LogP) is 3.89. The zero-order chi connectivity index (χ0) is 21.6. The number of aryl methyl sites for hydroxylation is 1. The number of carbonyl (C=O) groups is 2. The number of fused-ring (bicyclic) bond motifs is 1. The Hall–Kier alpha value is -2.89. The Morgan fingerprint density at radius 1 is 1.00 bits per heavy atom. The van der Waals surface area contributed by atoms with E-state index in [1.807, 2.05) is 55.6 Å². The summed E-state index contributed by atoms with van der Waals surface area (Å²) in [5, 5.41) is 14.2. The van der Waals surface area contributed by atoms with Gasteiger partial charge in [0.25, 0.3) is 0 Å². The molecule has 4 rings (SSSR count). The van der Waals surface area contributed by atoms with E-state index in [0.717, 1.165) is 20.2 Å². The zero-order valence-electron chi connectivity index (χ0n) is 16.4. The van der Waals surface area contributed by atoms with Crippen LogP contribution in [0.25, 0.3) is 10.2 Å². The number of para-hydroxylation sites is 1. The van der Waals surface area contributed by atoms with Gasteiger partial charge in [-0.1, -0.05) is 41.7 Å². The summed E-state index contributed by atoms with van der Waals surface area (Å²) in [6, 6.07) is 14.9. The minimum Gasteiger partial charge on any atom is -0.325 e. The Balaban J connectivity index is 1.31. The maximum Gasteiger partial charge on any atom is 0.234 e. The molecule has 158 valence electrons. The summed E-state index contributed by atoms with van der Waals surface area (Å²) in [6.45, 7) is 0. The van der Waals surface area contributed by atoms with Crippen molar-refractivity contribution in [3.63, 3.8) is 0 Å². The number of thiazole rings is 1. The topological polar surface area (TPSA) is 102 Å². The number of nitrogens with one attached hydrogen (secondary N) is 2. The molecule has 0 aliphatic heterocycles. The molecule has 0 saturated heterocycles. The molecule has 2 heterocycles. The summed E-state index contributed by atoms with van der Waals surface area (Å²) in [5.74, 6) is 0.315. The lowest BCUT2D eigenvalue weighted by Gasteiger charge is -2.04. The van der Waals surface area contributed by atoms with Crippen LogP contribution in [0.15, 0.2) is 64.4 Å². The van der Waals surface area contributed by atoms with Crippen LogP contribution in [0.1, 0.15) is 0 Å². The molecule has 0 bridgehead atoms. The van der Waals surface area contributed by atoms with E-state index in [1.165, 1.54) is 34.9 Å². The van der Waals surface area contributed by atoms with Crippen molar-refractivity contribution < 1.29 is 9.59 Å². The Labute approximate surface area is 190 Å². The van der Waals surface area contributed by atoms with Gasteiger partial charge in [0.05, 0.1) is 21.7 Å². The minimum absolute atomic E-state index is 0.0798. The first kappa shape index (κ1) is 21.3. The van der Waals surface area contributed by atoms with Crippen LogP contribution in [0.4, 0.5) is 11.4 Å². The second kappa shape index (κ2) is 9.94. The first-order valence-corrected chi connectivity index (χ1v) is 12.0. The van der Waals surface area contributed by atoms with E-state index in [9.17, 15) is 9.59 Å². The molecule has 11 heteroatoms. The van der Waals surface area contributed by atoms with Crippen molar-refractivity contribution in [2.75, 3.05) is 22.1 Å². The third-order valence-corrected chi connectivity index (χ3v) is 7.23. The average Bonchev–Trinajstić information content (AvgIpc) is 3.36. The largest absolute Gasteiger partial charge is 0.325 e. The Bertz CT molecular complexity index is 1210. The molecule has 0 atom stereocenters. The van der Waals surface area contributed by atoms with Crippen molar-refractivity contribution in [2.45, 2.75) is 9.50 Å². The van der Waals surface area contributed by atoms with Gasteiger partial charge >= 0.3 is 0 Å². The molecule has 0 radical (unpaired) electrons. The number of hydrogen-bond donors (Lipinski definition) is 2. The maximum atomic E-state index is 12.2. The van der Waals surface area contributed by atoms with Crippen molar-refractivity contribution in [3.05, 3.63) is 54.9 Å². The lowest BCUT2D eigenvalue weighted by atomic mass is 10.3. The molecule has 4 aromatic rings. The summed E-state index contributed by atoms with van der Waals surface area (Å²) < 4.78 is 3.52. The summed E-state index contributed by atoms with van der Waals surface area (Å²) in [7, 11) is 1.83. The van der Waals surface area contributed by atoms with Crippen LogP contribution in [0.3, 0.4) is 0 Å². The van der Waals surface area contributed by atoms with E-state index in [0.29, 0.717) is 10.8 Å². The van der Waals surface area contributed by atoms with E-state index in [1.54, 1.807) is 10.9 Å². The Kier molecular flexibility index (Phi) is 6.85. The van der Waals surface area contributed by atoms with Gasteiger partial charge in [0, 0.05) is 18.4 Å². The molecule has 8 nitrogen and oxygen atoms in total. The van der Waals surface area contributed by atoms with Gasteiger partial charge in [-0.3, -0.25) is 9.59 Å². The molecule has 0 unspecified atom stereocenters. The van der Waals surface area contributed by atoms with Crippen LogP contribution in [0.2, 0.25) is 0 Å². The van der Waals surface area contributed by atoms with E-state index in [-0.39, 0.29) is 23.3 Å². The zero-order valence-corrected chi connectivity index (χ0v) is 18.9. The molecule has 2 aromatic carbocycles. The number of carbonyl (C=O) groups excluding carboxylic acids is 2. The molecule has 0 fully saturated rings. The highest BCUT2D eigenvalue weighted by atomic mass is 32.2. The first-order valence-electron chi connectivity index (χ1n) is 9.22. The molecule has 0 spiro atoms. The van der Waals surface area contributed by atoms with Crippen molar-refractivity contribution in [2.24, 2.45) is 7.05 Å². The van der Waals surface area contributed by atoms with Gasteiger partial charge in [0.2, 0.25) is 11.8 Å². The molecular formula is C20H18N6O2S3. The summed E-state index contributed by atoms with van der Waals surface area (Å²) in [6.07, 6.45) is 1.60. The fraction of sp³-hybridized carbons (Fsp3) is 0.150. The molecule has 2 aromatic heterocycles. The normalized spacial score (nSPS) is 10.9. The molecule has 0 aliphatic carbocycles. The fourth-order valence-corrected chi connectivity index (χ4v) is 5.21. The van der Waals surface area contributed by atoms with Gasteiger partial charge in [-0.15, -0.1) is 21.5 Å². The number of benzene rings is 2. The van der Waals surface area contributed by atoms with Gasteiger partial charge < -0.3 is 15.2 Å². The van der Waals surface area contributed by atoms with Crippen LogP contribution in [0, 0.1) is 0 Å². The van der Waals surface area contributed by atoms with Crippen molar-refractivity contribution in [1.29, 1.82) is 0 Å². The quantitative estimate of drug-likeness (QED) is 0.377. The molecule has 2 amide bonds. The highest BCUT2D eigenvalue weighted by Crippen LogP contribution is 2.31. The van der Waals surface area contributed by atoms with E-state index in [2.05, 4.69) is 25.8 Å². The van der Waals surface area contributed by atoms with Gasteiger partial charge in [-0.05, 0) is 30.3 Å². The predicted molar refractivity (Wildman–Crippen MR) is 126 cm³/mol. The van der Waals surface area contributed by atoms with Crippen LogP contribution in [-0.4, -0.2) is 43.1 Å². The van der Waals surface area contributed by atoms with Gasteiger partial charge in [0.15, 0.2) is 9.50 Å². The van der Waals surface area contributed by atoms with Crippen LogP contribution < -0.4 is 10.6 Å². The number of rotatable bonds is 8. The van der Waals surface area contributed by atoms with E-state index in [4.69, 9.17) is 0 Å². The first-order chi connectivity index (χ1) is 15.1. The summed E-state index contributed by atoms with van der Waals surface area (Å²) in [5.41, 5.74) is 2.32. The monoisotopic (exact) mass is 470 g/mol. The molecule has 2 N–H and O–H groups in total. The smallest absolute Gasteiger partial charge is 0.234 e. The Morgan fingerprint density at radius 2 is 1.74 bits per heavy atom. The van der Waals surface area contributed by atoms with Crippen molar-refractivity contribution in [3.8, 4) is 0 Å². The number of aromatic nitrogens is 4. The number of nitrogens with zero attached hydrogens (tertiary/aromatic N) is 4. The highest BCUT2D eigenvalue weighted by molar-refractivity contribution is 8.01. The Morgan fingerprint density at radius 3 is 2.48 bits per heavy atom. The fourth-order valence-electron chi connectivity index (χ4n) is 2.62. The van der Waals surface area contributed by atoms with Crippen molar-refractivity contribution in [1.82, 2.24) is 19.7 Å². The molecule has 0 saturated carbocycles. The van der Waals surface area contributed by atoms with Gasteiger partial charge in [-0.2, -0.15) is 0 Å². The van der Waals surface area contributed by atoms with Crippen LogP contribution in [-0.2, 0) is 16.6 Å². The number of thioether (sulfide) groups is 2. The molecule has 31 heavy (non-hydrogen) atoms. The number of hydrogen-bond acceptors (Lipinski definition) is 8. The van der Waals surface area contributed by atoms with Crippen LogP contribution >= 0.6 is 34.9 Å². The van der Waals surface area contributed by atoms with Crippen LogP contribution in [0.5, 0.6) is 0 Å². The minimum atomic E-state index is -0.121. The average molecular weight is 471 g/mol. The third-order valence-electron chi connectivity index (χ3n) is 4.04. The van der Waals surface area contributed by atoms with Gasteiger partial charge in [0.1, 0.15) is 6.33 Å². The van der Waals surface area contributed by atoms with Gasteiger partial charge in [-0.25, -0.2) is 4.98 Å². The third kappa shape index (κ3) is 5.84. The lowest BCUT2D eigenvalue weighted by Crippen LogP contribution is -2.14. The highest BCUT2D eigenvalue weighted by Gasteiger charge is 2.11. The molecular weight excluding hydrogens is 452 g/mol. The molecule has 0 aliphatic rings. The summed E-state index contributed by atoms with van der Waals surface area (Å²) in [4.78, 5) is 28.9. The summed E-state index contributed by atoms with van der Waals surface area (Å²) >= 11 is 4.21. The lowest BCUT2D eigenvalue weighted by molar-refractivity contribution is -0.114.